The zero-order valence-corrected chi connectivity index (χ0v) is 9.28. The van der Waals surface area contributed by atoms with Crippen molar-refractivity contribution in [1.82, 2.24) is 5.16 Å². The van der Waals surface area contributed by atoms with Gasteiger partial charge in [0.15, 0.2) is 0 Å². The van der Waals surface area contributed by atoms with Crippen molar-refractivity contribution in [1.29, 1.82) is 0 Å². The summed E-state index contributed by atoms with van der Waals surface area (Å²) in [7, 11) is 0. The second kappa shape index (κ2) is 3.93. The third-order valence-electron chi connectivity index (χ3n) is 2.18. The Hall–Kier alpha value is -1.89. The molecule has 0 aliphatic carbocycles. The zero-order valence-electron chi connectivity index (χ0n) is 8.47. The Kier molecular flexibility index (Phi) is 2.61. The van der Waals surface area contributed by atoms with Gasteiger partial charge in [-0.15, -0.1) is 0 Å². The van der Waals surface area contributed by atoms with Crippen molar-refractivity contribution in [3.05, 3.63) is 27.8 Å². The van der Waals surface area contributed by atoms with Crippen molar-refractivity contribution < 1.29 is 9.45 Å². The highest BCUT2D eigenvalue weighted by Crippen LogP contribution is 2.35. The average molecular weight is 239 g/mol. The summed E-state index contributed by atoms with van der Waals surface area (Å²) >= 11 is 1.06. The lowest BCUT2D eigenvalue weighted by Gasteiger charge is -1.93. The van der Waals surface area contributed by atoms with Crippen LogP contribution in [0, 0.1) is 10.1 Å². The number of nitrogens with zero attached hydrogens (tertiary/aromatic N) is 2. The molecule has 0 spiro atoms. The lowest BCUT2D eigenvalue weighted by atomic mass is 10.1. The maximum absolute atomic E-state index is 10.6. The number of nitrogen functional groups attached to an aromatic ring is 1. The molecule has 16 heavy (non-hydrogen) atoms. The number of nitro groups is 1. The largest absolute Gasteiger partial charge is 0.367 e. The molecule has 2 aromatic heterocycles. The van der Waals surface area contributed by atoms with Gasteiger partial charge in [0.05, 0.1) is 9.80 Å². The van der Waals surface area contributed by atoms with Gasteiger partial charge in [-0.25, -0.2) is 0 Å². The van der Waals surface area contributed by atoms with Crippen LogP contribution in [0.5, 0.6) is 0 Å². The van der Waals surface area contributed by atoms with Gasteiger partial charge in [-0.3, -0.25) is 10.1 Å². The molecule has 7 heteroatoms. The predicted octanol–water partition coefficient (Wildman–Crippen LogP) is 2.46. The van der Waals surface area contributed by atoms with Crippen LogP contribution >= 0.6 is 11.3 Å². The van der Waals surface area contributed by atoms with Gasteiger partial charge in [-0.05, 0) is 12.5 Å². The lowest BCUT2D eigenvalue weighted by Crippen LogP contribution is -1.88. The van der Waals surface area contributed by atoms with E-state index in [1.165, 1.54) is 6.07 Å². The lowest BCUT2D eigenvalue weighted by molar-refractivity contribution is -0.380. The van der Waals surface area contributed by atoms with E-state index in [9.17, 15) is 10.1 Å². The number of rotatable bonds is 3. The molecule has 0 aliphatic rings. The van der Waals surface area contributed by atoms with Crippen molar-refractivity contribution in [3.8, 4) is 10.6 Å². The number of hydrogen-bond donors (Lipinski definition) is 1. The van der Waals surface area contributed by atoms with Crippen LogP contribution in [0.15, 0.2) is 16.7 Å². The zero-order chi connectivity index (χ0) is 11.7. The summed E-state index contributed by atoms with van der Waals surface area (Å²) < 4.78 is 4.88. The topological polar surface area (TPSA) is 95.2 Å². The highest BCUT2D eigenvalue weighted by atomic mass is 32.1. The third kappa shape index (κ3) is 1.65. The summed E-state index contributed by atoms with van der Waals surface area (Å²) in [5, 5.41) is 14.5. The van der Waals surface area contributed by atoms with Crippen LogP contribution in [0.4, 0.5) is 10.9 Å². The fraction of sp³-hybridized carbons (Fsp3) is 0.222. The third-order valence-corrected chi connectivity index (χ3v) is 3.22. The highest BCUT2D eigenvalue weighted by molar-refractivity contribution is 7.18. The summed E-state index contributed by atoms with van der Waals surface area (Å²) in [4.78, 5) is 10.8. The van der Waals surface area contributed by atoms with Gasteiger partial charge in [0.1, 0.15) is 5.69 Å². The van der Waals surface area contributed by atoms with Gasteiger partial charge in [-0.2, -0.15) is 0 Å². The van der Waals surface area contributed by atoms with E-state index < -0.39 is 4.92 Å². The van der Waals surface area contributed by atoms with E-state index in [1.807, 2.05) is 6.92 Å². The quantitative estimate of drug-likeness (QED) is 0.655. The van der Waals surface area contributed by atoms with E-state index in [2.05, 4.69) is 5.16 Å². The van der Waals surface area contributed by atoms with E-state index in [-0.39, 0.29) is 10.9 Å². The molecule has 2 aromatic rings. The van der Waals surface area contributed by atoms with E-state index >= 15 is 0 Å². The first-order chi connectivity index (χ1) is 7.63. The van der Waals surface area contributed by atoms with Gasteiger partial charge in [-0.1, -0.05) is 23.4 Å². The Morgan fingerprint density at radius 3 is 2.94 bits per heavy atom. The van der Waals surface area contributed by atoms with Gasteiger partial charge >= 0.3 is 5.00 Å². The number of hydrogen-bond acceptors (Lipinski definition) is 6. The molecule has 2 N–H and O–H groups in total. The van der Waals surface area contributed by atoms with E-state index in [1.54, 1.807) is 6.07 Å². The number of nitrogens with two attached hydrogens (primary N) is 1. The fourth-order valence-electron chi connectivity index (χ4n) is 1.41. The van der Waals surface area contributed by atoms with Crippen molar-refractivity contribution in [2.75, 3.05) is 5.73 Å². The molecular formula is C9H9N3O3S. The Morgan fingerprint density at radius 2 is 2.38 bits per heavy atom. The van der Waals surface area contributed by atoms with E-state index in [4.69, 9.17) is 10.3 Å². The molecule has 0 aromatic carbocycles. The van der Waals surface area contributed by atoms with Gasteiger partial charge < -0.3 is 10.3 Å². The molecule has 0 fully saturated rings. The Morgan fingerprint density at radius 1 is 1.62 bits per heavy atom. The van der Waals surface area contributed by atoms with Crippen LogP contribution in [0.1, 0.15) is 12.5 Å². The first kappa shape index (κ1) is 10.6. The second-order valence-corrected chi connectivity index (χ2v) is 4.18. The number of aromatic nitrogens is 1. The summed E-state index contributed by atoms with van der Waals surface area (Å²) in [6.45, 7) is 1.93. The minimum Gasteiger partial charge on any atom is -0.367 e. The Bertz CT molecular complexity index is 532. The van der Waals surface area contributed by atoms with Crippen molar-refractivity contribution in [2.24, 2.45) is 0 Å². The van der Waals surface area contributed by atoms with Crippen molar-refractivity contribution in [2.45, 2.75) is 13.3 Å². The molecule has 0 amide bonds. The maximum Gasteiger partial charge on any atom is 0.324 e. The monoisotopic (exact) mass is 239 g/mol. The standard InChI is InChI=1S/C9H9N3O3S/c1-2-5-8(11-15-9(5)10)6-3-4-7(16-6)12(13)14/h3-4H,2,10H2,1H3. The summed E-state index contributed by atoms with van der Waals surface area (Å²) in [5.74, 6) is 0.272. The van der Waals surface area contributed by atoms with Crippen LogP contribution in [0.2, 0.25) is 0 Å². The molecule has 0 radical (unpaired) electrons. The van der Waals surface area contributed by atoms with Gasteiger partial charge in [0.25, 0.3) is 0 Å². The van der Waals surface area contributed by atoms with E-state index in [0.717, 1.165) is 16.9 Å². The van der Waals surface area contributed by atoms with Crippen molar-refractivity contribution >= 4 is 22.2 Å². The van der Waals surface area contributed by atoms with Crippen LogP contribution in [-0.2, 0) is 6.42 Å². The summed E-state index contributed by atoms with van der Waals surface area (Å²) in [6, 6.07) is 3.10. The van der Waals surface area contributed by atoms with Gasteiger partial charge in [0, 0.05) is 11.6 Å². The number of anilines is 1. The van der Waals surface area contributed by atoms with E-state index in [0.29, 0.717) is 17.0 Å². The predicted molar refractivity (Wildman–Crippen MR) is 60.3 cm³/mol. The minimum absolute atomic E-state index is 0.0821. The molecule has 0 atom stereocenters. The molecule has 6 nitrogen and oxygen atoms in total. The molecule has 0 saturated carbocycles. The number of thiophene rings is 1. The minimum atomic E-state index is -0.427. The van der Waals surface area contributed by atoms with Gasteiger partial charge in [0.2, 0.25) is 5.88 Å². The second-order valence-electron chi connectivity index (χ2n) is 3.12. The first-order valence-electron chi connectivity index (χ1n) is 4.62. The van der Waals surface area contributed by atoms with Crippen LogP contribution in [-0.4, -0.2) is 10.1 Å². The maximum atomic E-state index is 10.6. The SMILES string of the molecule is CCc1c(-c2ccc([N+](=O)[O-])s2)noc1N. The van der Waals surface area contributed by atoms with Crippen LogP contribution in [0.3, 0.4) is 0 Å². The Labute approximate surface area is 94.8 Å². The van der Waals surface area contributed by atoms with Crippen LogP contribution < -0.4 is 5.73 Å². The molecule has 2 heterocycles. The van der Waals surface area contributed by atoms with Crippen molar-refractivity contribution in [3.63, 3.8) is 0 Å². The molecule has 0 unspecified atom stereocenters. The molecule has 0 aliphatic heterocycles. The Balaban J connectivity index is 2.46. The summed E-state index contributed by atoms with van der Waals surface area (Å²) in [6.07, 6.45) is 0.677. The first-order valence-corrected chi connectivity index (χ1v) is 5.43. The highest BCUT2D eigenvalue weighted by Gasteiger charge is 2.18. The smallest absolute Gasteiger partial charge is 0.324 e. The molecule has 0 bridgehead atoms. The van der Waals surface area contributed by atoms with Crippen LogP contribution in [0.25, 0.3) is 10.6 Å². The fourth-order valence-corrected chi connectivity index (χ4v) is 2.24. The normalized spacial score (nSPS) is 10.6. The molecule has 2 rings (SSSR count). The average Bonchev–Trinajstić information content (AvgIpc) is 2.83. The molecular weight excluding hydrogens is 230 g/mol. The molecule has 0 saturated heterocycles. The summed E-state index contributed by atoms with van der Waals surface area (Å²) in [5.41, 5.74) is 6.98. The molecule has 84 valence electrons.